The number of carbonyl (C=O) groups is 2. The van der Waals surface area contributed by atoms with E-state index < -0.39 is 17.0 Å². The number of ether oxygens (including phenoxy) is 1. The lowest BCUT2D eigenvalue weighted by molar-refractivity contribution is -0.384. The van der Waals surface area contributed by atoms with E-state index >= 15 is 0 Å². The Hall–Kier alpha value is -2.64. The highest BCUT2D eigenvalue weighted by Gasteiger charge is 2.27. The molecule has 1 aromatic rings. The van der Waals surface area contributed by atoms with Gasteiger partial charge >= 0.3 is 5.97 Å². The number of nitro benzene ring substituents is 1. The second kappa shape index (κ2) is 6.42. The molecule has 0 bridgehead atoms. The molecule has 1 aliphatic rings. The summed E-state index contributed by atoms with van der Waals surface area (Å²) in [5.74, 6) is -1.14. The molecular weight excluding hydrogens is 290 g/mol. The van der Waals surface area contributed by atoms with Crippen LogP contribution in [0.5, 0.6) is 0 Å². The Kier molecular flexibility index (Phi) is 4.59. The number of nitro groups is 1. The van der Waals surface area contributed by atoms with E-state index in [2.05, 4.69) is 10.6 Å². The number of amides is 1. The quantitative estimate of drug-likeness (QED) is 0.467. The van der Waals surface area contributed by atoms with Gasteiger partial charge in [-0.2, -0.15) is 0 Å². The molecule has 1 saturated carbocycles. The van der Waals surface area contributed by atoms with Gasteiger partial charge in [-0.05, 0) is 31.9 Å². The summed E-state index contributed by atoms with van der Waals surface area (Å²) in [6, 6.07) is 4.13. The van der Waals surface area contributed by atoms with Crippen LogP contribution < -0.4 is 10.6 Å². The zero-order chi connectivity index (χ0) is 16.3. The molecule has 0 spiro atoms. The van der Waals surface area contributed by atoms with E-state index in [0.717, 1.165) is 18.9 Å². The summed E-state index contributed by atoms with van der Waals surface area (Å²) in [5.41, 5.74) is 0.0879. The third-order valence-electron chi connectivity index (χ3n) is 3.28. The summed E-state index contributed by atoms with van der Waals surface area (Å²) in [6.45, 7) is 1.46. The highest BCUT2D eigenvalue weighted by molar-refractivity contribution is 5.93. The van der Waals surface area contributed by atoms with Crippen LogP contribution in [0.15, 0.2) is 18.2 Å². The lowest BCUT2D eigenvalue weighted by atomic mass is 10.1. The van der Waals surface area contributed by atoms with Crippen molar-refractivity contribution >= 4 is 23.3 Å². The van der Waals surface area contributed by atoms with Crippen LogP contribution in [0, 0.1) is 10.1 Å². The van der Waals surface area contributed by atoms with Crippen molar-refractivity contribution in [1.82, 2.24) is 5.32 Å². The van der Waals surface area contributed by atoms with Gasteiger partial charge in [0.25, 0.3) is 11.6 Å². The van der Waals surface area contributed by atoms with Crippen LogP contribution in [0.25, 0.3) is 0 Å². The Labute approximate surface area is 127 Å². The van der Waals surface area contributed by atoms with E-state index in [1.54, 1.807) is 7.05 Å². The molecule has 1 aliphatic carbocycles. The fraction of sp³-hybridized carbons (Fsp3) is 0.429. The first-order valence-corrected chi connectivity index (χ1v) is 6.90. The molecule has 2 rings (SSSR count). The Morgan fingerprint density at radius 1 is 1.41 bits per heavy atom. The third-order valence-corrected chi connectivity index (χ3v) is 3.28. The molecule has 8 heteroatoms. The second-order valence-electron chi connectivity index (χ2n) is 5.07. The minimum Gasteiger partial charge on any atom is -0.449 e. The van der Waals surface area contributed by atoms with Crippen LogP contribution in [0.4, 0.5) is 11.4 Å². The van der Waals surface area contributed by atoms with Gasteiger partial charge in [0.05, 0.1) is 10.5 Å². The molecule has 118 valence electrons. The molecule has 22 heavy (non-hydrogen) atoms. The molecule has 0 aromatic heterocycles. The molecule has 8 nitrogen and oxygen atoms in total. The first-order valence-electron chi connectivity index (χ1n) is 6.90. The highest BCUT2D eigenvalue weighted by atomic mass is 16.6. The standard InChI is InChI=1S/C14H17N3O5/c1-8(13(18)16-10-4-5-10)22-14(19)9-3-6-11(15-2)12(7-9)17(20)21/h3,6-8,10,15H,4-5H2,1-2H3,(H,16,18)/t8-/m1/s1. The number of carbonyl (C=O) groups excluding carboxylic acids is 2. The van der Waals surface area contributed by atoms with Crippen molar-refractivity contribution in [3.05, 3.63) is 33.9 Å². The molecule has 0 saturated heterocycles. The highest BCUT2D eigenvalue weighted by Crippen LogP contribution is 2.25. The van der Waals surface area contributed by atoms with Crippen LogP contribution in [0.2, 0.25) is 0 Å². The first kappa shape index (κ1) is 15.7. The number of esters is 1. The summed E-state index contributed by atoms with van der Waals surface area (Å²) in [7, 11) is 1.55. The van der Waals surface area contributed by atoms with Gasteiger partial charge in [-0.3, -0.25) is 14.9 Å². The monoisotopic (exact) mass is 307 g/mol. The van der Waals surface area contributed by atoms with Crippen molar-refractivity contribution in [1.29, 1.82) is 0 Å². The Balaban J connectivity index is 2.06. The predicted molar refractivity (Wildman–Crippen MR) is 78.7 cm³/mol. The number of hydrogen-bond acceptors (Lipinski definition) is 6. The Morgan fingerprint density at radius 2 is 2.09 bits per heavy atom. The fourth-order valence-corrected chi connectivity index (χ4v) is 1.85. The van der Waals surface area contributed by atoms with Crippen molar-refractivity contribution in [3.8, 4) is 0 Å². The molecule has 1 aromatic carbocycles. The van der Waals surface area contributed by atoms with Gasteiger partial charge in [0, 0.05) is 19.2 Å². The van der Waals surface area contributed by atoms with Crippen molar-refractivity contribution in [2.45, 2.75) is 31.9 Å². The average Bonchev–Trinajstić information content (AvgIpc) is 3.30. The van der Waals surface area contributed by atoms with Gasteiger partial charge in [-0.15, -0.1) is 0 Å². The molecular formula is C14H17N3O5. The van der Waals surface area contributed by atoms with Crippen LogP contribution in [0.1, 0.15) is 30.1 Å². The maximum absolute atomic E-state index is 12.0. The Morgan fingerprint density at radius 3 is 2.64 bits per heavy atom. The zero-order valence-electron chi connectivity index (χ0n) is 12.3. The summed E-state index contributed by atoms with van der Waals surface area (Å²) in [5, 5.41) is 16.4. The lowest BCUT2D eigenvalue weighted by Crippen LogP contribution is -2.37. The van der Waals surface area contributed by atoms with E-state index in [1.807, 2.05) is 0 Å². The predicted octanol–water partition coefficient (Wildman–Crippen LogP) is 1.46. The maximum Gasteiger partial charge on any atom is 0.339 e. The van der Waals surface area contributed by atoms with Gasteiger partial charge < -0.3 is 15.4 Å². The number of benzene rings is 1. The largest absolute Gasteiger partial charge is 0.449 e. The molecule has 1 amide bonds. The first-order chi connectivity index (χ1) is 10.4. The van der Waals surface area contributed by atoms with Crippen LogP contribution in [0.3, 0.4) is 0 Å². The SMILES string of the molecule is CNc1ccc(C(=O)O[C@H](C)C(=O)NC2CC2)cc1[N+](=O)[O-]. The number of nitrogens with one attached hydrogen (secondary N) is 2. The summed E-state index contributed by atoms with van der Waals surface area (Å²) in [4.78, 5) is 34.1. The molecule has 0 radical (unpaired) electrons. The van der Waals surface area contributed by atoms with Crippen molar-refractivity contribution in [2.24, 2.45) is 0 Å². The number of nitrogens with zero attached hydrogens (tertiary/aromatic N) is 1. The van der Waals surface area contributed by atoms with Gasteiger partial charge in [-0.25, -0.2) is 4.79 Å². The molecule has 0 heterocycles. The number of hydrogen-bond donors (Lipinski definition) is 2. The fourth-order valence-electron chi connectivity index (χ4n) is 1.85. The van der Waals surface area contributed by atoms with Crippen molar-refractivity contribution < 1.29 is 19.2 Å². The van der Waals surface area contributed by atoms with E-state index in [1.165, 1.54) is 19.1 Å². The lowest BCUT2D eigenvalue weighted by Gasteiger charge is -2.13. The smallest absolute Gasteiger partial charge is 0.339 e. The maximum atomic E-state index is 12.0. The molecule has 2 N–H and O–H groups in total. The van der Waals surface area contributed by atoms with Crippen LogP contribution >= 0.6 is 0 Å². The van der Waals surface area contributed by atoms with Gasteiger partial charge in [-0.1, -0.05) is 0 Å². The van der Waals surface area contributed by atoms with Crippen LogP contribution in [-0.2, 0) is 9.53 Å². The normalized spacial score (nSPS) is 14.8. The topological polar surface area (TPSA) is 111 Å². The molecule has 1 fully saturated rings. The van der Waals surface area contributed by atoms with Gasteiger partial charge in [0.1, 0.15) is 5.69 Å². The summed E-state index contributed by atoms with van der Waals surface area (Å²) < 4.78 is 5.04. The third kappa shape index (κ3) is 3.72. The van der Waals surface area contributed by atoms with Crippen molar-refractivity contribution in [2.75, 3.05) is 12.4 Å². The van der Waals surface area contributed by atoms with Crippen molar-refractivity contribution in [3.63, 3.8) is 0 Å². The zero-order valence-corrected chi connectivity index (χ0v) is 12.3. The van der Waals surface area contributed by atoms with E-state index in [9.17, 15) is 19.7 Å². The minimum absolute atomic E-state index is 0.0248. The number of rotatable bonds is 6. The Bertz CT molecular complexity index is 612. The van der Waals surface area contributed by atoms with E-state index in [4.69, 9.17) is 4.74 Å². The minimum atomic E-state index is -0.948. The second-order valence-corrected chi connectivity index (χ2v) is 5.07. The summed E-state index contributed by atoms with van der Waals surface area (Å²) >= 11 is 0. The van der Waals surface area contributed by atoms with Gasteiger partial charge in [0.2, 0.25) is 0 Å². The molecule has 0 unspecified atom stereocenters. The molecule has 1 atom stereocenters. The van der Waals surface area contributed by atoms with Crippen LogP contribution in [-0.4, -0.2) is 36.0 Å². The van der Waals surface area contributed by atoms with E-state index in [-0.39, 0.29) is 23.2 Å². The van der Waals surface area contributed by atoms with E-state index in [0.29, 0.717) is 5.69 Å². The summed E-state index contributed by atoms with van der Waals surface area (Å²) in [6.07, 6.45) is 0.921. The van der Waals surface area contributed by atoms with Gasteiger partial charge in [0.15, 0.2) is 6.10 Å². The molecule has 0 aliphatic heterocycles. The average molecular weight is 307 g/mol. The number of anilines is 1.